The van der Waals surface area contributed by atoms with Crippen molar-refractivity contribution < 1.29 is 4.79 Å². The molecule has 0 bridgehead atoms. The van der Waals surface area contributed by atoms with Gasteiger partial charge >= 0.3 is 0 Å². The van der Waals surface area contributed by atoms with E-state index in [0.29, 0.717) is 27.8 Å². The lowest BCUT2D eigenvalue weighted by Gasteiger charge is -2.42. The number of rotatable bonds is 5. The third kappa shape index (κ3) is 3.51. The van der Waals surface area contributed by atoms with Crippen molar-refractivity contribution in [3.63, 3.8) is 0 Å². The molecule has 29 heavy (non-hydrogen) atoms. The third-order valence-corrected chi connectivity index (χ3v) is 6.61. The van der Waals surface area contributed by atoms with Crippen molar-refractivity contribution in [2.24, 2.45) is 0 Å². The number of hydrogen-bond acceptors (Lipinski definition) is 5. The number of H-pyrrole nitrogens is 1. The average Bonchev–Trinajstić information content (AvgIpc) is 3.13. The van der Waals surface area contributed by atoms with Crippen LogP contribution in [0.25, 0.3) is 11.0 Å². The molecule has 2 aliphatic rings. The highest BCUT2D eigenvalue weighted by atomic mass is 35.5. The topological polar surface area (TPSA) is 73.9 Å². The number of nitrogens with zero attached hydrogens (tertiary/aromatic N) is 3. The molecular formula is C22H24ClN5O. The van der Waals surface area contributed by atoms with Gasteiger partial charge in [0.1, 0.15) is 17.8 Å². The molecule has 5 rings (SSSR count). The largest absolute Gasteiger partial charge is 0.367 e. The lowest BCUT2D eigenvalue weighted by atomic mass is 9.88. The molecule has 0 atom stereocenters. The first kappa shape index (κ1) is 18.6. The van der Waals surface area contributed by atoms with Crippen molar-refractivity contribution in [3.05, 3.63) is 52.9 Å². The number of halogens is 1. The third-order valence-electron chi connectivity index (χ3n) is 6.28. The van der Waals surface area contributed by atoms with Crippen LogP contribution in [0.4, 0.5) is 5.82 Å². The summed E-state index contributed by atoms with van der Waals surface area (Å²) >= 11 is 6.26. The maximum Gasteiger partial charge on any atom is 0.196 e. The SMILES string of the molecule is O=C(c1ccccc1Cl)c1c[nH]c2ncnc(N[C@H]3CC[C@@H](N4CCC4)CC3)c12. The molecule has 1 aliphatic carbocycles. The van der Waals surface area contributed by atoms with Gasteiger partial charge in [0, 0.05) is 23.8 Å². The molecule has 0 unspecified atom stereocenters. The predicted molar refractivity (Wildman–Crippen MR) is 115 cm³/mol. The quantitative estimate of drug-likeness (QED) is 0.615. The van der Waals surface area contributed by atoms with Crippen LogP contribution in [0, 0.1) is 0 Å². The summed E-state index contributed by atoms with van der Waals surface area (Å²) < 4.78 is 0. The Balaban J connectivity index is 1.39. The molecule has 1 aliphatic heterocycles. The molecule has 2 aromatic heterocycles. The van der Waals surface area contributed by atoms with E-state index in [-0.39, 0.29) is 5.78 Å². The zero-order chi connectivity index (χ0) is 19.8. The molecule has 0 amide bonds. The van der Waals surface area contributed by atoms with Crippen LogP contribution >= 0.6 is 11.6 Å². The number of carbonyl (C=O) groups excluding carboxylic acids is 1. The van der Waals surface area contributed by atoms with Crippen molar-refractivity contribution in [2.45, 2.75) is 44.2 Å². The van der Waals surface area contributed by atoms with Crippen molar-refractivity contribution >= 4 is 34.2 Å². The zero-order valence-electron chi connectivity index (χ0n) is 16.2. The predicted octanol–water partition coefficient (Wildman–Crippen LogP) is 4.27. The van der Waals surface area contributed by atoms with E-state index < -0.39 is 0 Å². The van der Waals surface area contributed by atoms with E-state index >= 15 is 0 Å². The zero-order valence-corrected chi connectivity index (χ0v) is 17.0. The van der Waals surface area contributed by atoms with E-state index in [1.54, 1.807) is 18.3 Å². The number of nitrogens with one attached hydrogen (secondary N) is 2. The van der Waals surface area contributed by atoms with Gasteiger partial charge in [0.25, 0.3) is 0 Å². The van der Waals surface area contributed by atoms with E-state index in [2.05, 4.69) is 25.2 Å². The fraction of sp³-hybridized carbons (Fsp3) is 0.409. The number of fused-ring (bicyclic) bond motifs is 1. The van der Waals surface area contributed by atoms with Gasteiger partial charge in [0.15, 0.2) is 5.78 Å². The highest BCUT2D eigenvalue weighted by molar-refractivity contribution is 6.35. The number of aromatic nitrogens is 3. The molecule has 1 saturated heterocycles. The summed E-state index contributed by atoms with van der Waals surface area (Å²) in [6, 6.07) is 8.22. The Bertz CT molecular complexity index is 1040. The maximum atomic E-state index is 13.2. The van der Waals surface area contributed by atoms with E-state index in [4.69, 9.17) is 11.6 Å². The Morgan fingerprint density at radius 1 is 1.10 bits per heavy atom. The summed E-state index contributed by atoms with van der Waals surface area (Å²) in [5, 5.41) is 4.78. The van der Waals surface area contributed by atoms with Crippen molar-refractivity contribution in [1.82, 2.24) is 19.9 Å². The first-order chi connectivity index (χ1) is 14.2. The summed E-state index contributed by atoms with van der Waals surface area (Å²) in [6.07, 6.45) is 9.24. The summed E-state index contributed by atoms with van der Waals surface area (Å²) in [6.45, 7) is 2.51. The fourth-order valence-corrected chi connectivity index (χ4v) is 4.75. The number of hydrogen-bond donors (Lipinski definition) is 2. The maximum absolute atomic E-state index is 13.2. The number of anilines is 1. The summed E-state index contributed by atoms with van der Waals surface area (Å²) in [5.74, 6) is 0.597. The molecule has 0 radical (unpaired) electrons. The van der Waals surface area contributed by atoms with Gasteiger partial charge in [0.2, 0.25) is 0 Å². The molecule has 0 spiro atoms. The Kier molecular flexibility index (Phi) is 4.97. The second-order valence-electron chi connectivity index (χ2n) is 8.00. The summed E-state index contributed by atoms with van der Waals surface area (Å²) in [5.41, 5.74) is 1.69. The fourth-order valence-electron chi connectivity index (χ4n) is 4.53. The molecule has 3 heterocycles. The van der Waals surface area contributed by atoms with Gasteiger partial charge in [-0.1, -0.05) is 23.7 Å². The van der Waals surface area contributed by atoms with E-state index in [9.17, 15) is 4.79 Å². The van der Waals surface area contributed by atoms with Crippen LogP contribution < -0.4 is 5.32 Å². The highest BCUT2D eigenvalue weighted by Crippen LogP contribution is 2.31. The van der Waals surface area contributed by atoms with Gasteiger partial charge in [0.05, 0.1) is 16.0 Å². The number of likely N-dealkylation sites (tertiary alicyclic amines) is 1. The van der Waals surface area contributed by atoms with Gasteiger partial charge in [-0.05, 0) is 57.3 Å². The van der Waals surface area contributed by atoms with E-state index in [1.807, 2.05) is 12.1 Å². The standard InChI is InChI=1S/C22H24ClN5O/c23-18-5-2-1-4-16(18)20(29)17-12-24-21-19(17)22(26-13-25-21)27-14-6-8-15(9-7-14)28-10-3-11-28/h1-2,4-5,12-15H,3,6-11H2,(H2,24,25,26,27)/t14-,15+. The normalized spacial score (nSPS) is 22.4. The van der Waals surface area contributed by atoms with Crippen LogP contribution in [0.1, 0.15) is 48.0 Å². The monoisotopic (exact) mass is 409 g/mol. The highest BCUT2D eigenvalue weighted by Gasteiger charge is 2.29. The number of carbonyl (C=O) groups is 1. The Morgan fingerprint density at radius 2 is 1.90 bits per heavy atom. The van der Waals surface area contributed by atoms with Crippen LogP contribution in [-0.2, 0) is 0 Å². The Morgan fingerprint density at radius 3 is 2.62 bits per heavy atom. The molecule has 2 N–H and O–H groups in total. The van der Waals surface area contributed by atoms with Crippen LogP contribution in [-0.4, -0.2) is 50.8 Å². The number of aromatic amines is 1. The molecule has 150 valence electrons. The molecule has 1 saturated carbocycles. The minimum atomic E-state index is -0.124. The lowest BCUT2D eigenvalue weighted by Crippen LogP contribution is -2.47. The molecule has 3 aromatic rings. The minimum absolute atomic E-state index is 0.124. The summed E-state index contributed by atoms with van der Waals surface area (Å²) in [4.78, 5) is 27.7. The Hall–Kier alpha value is -2.44. The van der Waals surface area contributed by atoms with Gasteiger partial charge in [-0.15, -0.1) is 0 Å². The van der Waals surface area contributed by atoms with Crippen molar-refractivity contribution in [2.75, 3.05) is 18.4 Å². The lowest BCUT2D eigenvalue weighted by molar-refractivity contribution is 0.0889. The molecule has 1 aromatic carbocycles. The van der Waals surface area contributed by atoms with Crippen molar-refractivity contribution in [1.29, 1.82) is 0 Å². The second kappa shape index (κ2) is 7.76. The van der Waals surface area contributed by atoms with Gasteiger partial charge < -0.3 is 15.2 Å². The smallest absolute Gasteiger partial charge is 0.196 e. The summed E-state index contributed by atoms with van der Waals surface area (Å²) in [7, 11) is 0. The molecule has 2 fully saturated rings. The van der Waals surface area contributed by atoms with Crippen LogP contribution in [0.5, 0.6) is 0 Å². The minimum Gasteiger partial charge on any atom is -0.367 e. The molecular weight excluding hydrogens is 386 g/mol. The number of benzene rings is 1. The van der Waals surface area contributed by atoms with Crippen molar-refractivity contribution in [3.8, 4) is 0 Å². The molecule has 7 heteroatoms. The van der Waals surface area contributed by atoms with Crippen LogP contribution in [0.3, 0.4) is 0 Å². The average molecular weight is 410 g/mol. The molecule has 6 nitrogen and oxygen atoms in total. The van der Waals surface area contributed by atoms with Gasteiger partial charge in [-0.25, -0.2) is 9.97 Å². The number of ketones is 1. The van der Waals surface area contributed by atoms with Crippen LogP contribution in [0.2, 0.25) is 5.02 Å². The van der Waals surface area contributed by atoms with Crippen LogP contribution in [0.15, 0.2) is 36.8 Å². The Labute approximate surface area is 174 Å². The second-order valence-corrected chi connectivity index (χ2v) is 8.40. The van der Waals surface area contributed by atoms with Gasteiger partial charge in [-0.2, -0.15) is 0 Å². The first-order valence-corrected chi connectivity index (χ1v) is 10.7. The van der Waals surface area contributed by atoms with Gasteiger partial charge in [-0.3, -0.25) is 4.79 Å². The van der Waals surface area contributed by atoms with E-state index in [0.717, 1.165) is 30.1 Å². The first-order valence-electron chi connectivity index (χ1n) is 10.3. The van der Waals surface area contributed by atoms with E-state index in [1.165, 1.54) is 38.7 Å².